The van der Waals surface area contributed by atoms with Crippen LogP contribution < -0.4 is 5.32 Å². The van der Waals surface area contributed by atoms with Gasteiger partial charge in [-0.05, 0) is 30.5 Å². The normalized spacial score (nSPS) is 13.1. The molecule has 0 spiro atoms. The quantitative estimate of drug-likeness (QED) is 0.727. The molecule has 0 aliphatic heterocycles. The van der Waals surface area contributed by atoms with Gasteiger partial charge in [0, 0.05) is 18.7 Å². The Bertz CT molecular complexity index is 739. The van der Waals surface area contributed by atoms with Crippen molar-refractivity contribution >= 4 is 21.9 Å². The van der Waals surface area contributed by atoms with Crippen molar-refractivity contribution < 1.29 is 23.1 Å². The number of carboxylic acid groups (broad SMARTS) is 1. The number of carbonyl (C=O) groups is 2. The van der Waals surface area contributed by atoms with E-state index in [9.17, 15) is 23.1 Å². The third-order valence-electron chi connectivity index (χ3n) is 3.99. The number of aliphatic carboxylic acids is 1. The van der Waals surface area contributed by atoms with Gasteiger partial charge in [0.1, 0.15) is 6.04 Å². The maximum Gasteiger partial charge on any atom is 0.326 e. The van der Waals surface area contributed by atoms with Crippen LogP contribution >= 0.6 is 0 Å². The first-order valence-corrected chi connectivity index (χ1v) is 9.64. The third-order valence-corrected chi connectivity index (χ3v) is 6.18. The summed E-state index contributed by atoms with van der Waals surface area (Å²) in [6.07, 6.45) is 0. The van der Waals surface area contributed by atoms with E-state index in [-0.39, 0.29) is 16.4 Å². The highest BCUT2D eigenvalue weighted by Gasteiger charge is 2.27. The number of amides is 1. The summed E-state index contributed by atoms with van der Waals surface area (Å²) < 4.78 is 26.8. The molecule has 8 heteroatoms. The summed E-state index contributed by atoms with van der Waals surface area (Å²) in [5, 5.41) is 11.6. The predicted molar refractivity (Wildman–Crippen MR) is 95.0 cm³/mol. The van der Waals surface area contributed by atoms with Crippen molar-refractivity contribution in [2.75, 3.05) is 13.1 Å². The highest BCUT2D eigenvalue weighted by molar-refractivity contribution is 7.89. The van der Waals surface area contributed by atoms with Gasteiger partial charge in [-0.25, -0.2) is 13.2 Å². The Kier molecular flexibility index (Phi) is 7.13. The minimum atomic E-state index is -3.71. The van der Waals surface area contributed by atoms with Gasteiger partial charge < -0.3 is 10.4 Å². The number of nitrogens with one attached hydrogen (secondary N) is 1. The fourth-order valence-corrected chi connectivity index (χ4v) is 4.17. The Balaban J connectivity index is 3.25. The lowest BCUT2D eigenvalue weighted by molar-refractivity contribution is -0.140. The van der Waals surface area contributed by atoms with Crippen molar-refractivity contribution in [1.82, 2.24) is 9.62 Å². The molecule has 0 aliphatic carbocycles. The van der Waals surface area contributed by atoms with Gasteiger partial charge in [0.05, 0.1) is 4.90 Å². The minimum Gasteiger partial charge on any atom is -0.480 e. The molecule has 2 N–H and O–H groups in total. The maximum absolute atomic E-state index is 12.7. The van der Waals surface area contributed by atoms with Gasteiger partial charge >= 0.3 is 5.97 Å². The molecule has 0 radical (unpaired) electrons. The molecule has 0 aromatic heterocycles. The Hall–Kier alpha value is -1.93. The van der Waals surface area contributed by atoms with Crippen LogP contribution in [0.3, 0.4) is 0 Å². The molecular formula is C17H26N2O5S. The molecule has 1 amide bonds. The van der Waals surface area contributed by atoms with E-state index in [1.165, 1.54) is 16.4 Å². The molecule has 140 valence electrons. The average Bonchev–Trinajstić information content (AvgIpc) is 2.52. The Morgan fingerprint density at radius 3 is 2.20 bits per heavy atom. The molecule has 1 aromatic rings. The first kappa shape index (κ1) is 21.1. The zero-order valence-corrected chi connectivity index (χ0v) is 16.1. The molecule has 0 saturated carbocycles. The summed E-state index contributed by atoms with van der Waals surface area (Å²) in [6, 6.07) is 3.30. The van der Waals surface area contributed by atoms with Crippen LogP contribution in [0.5, 0.6) is 0 Å². The molecule has 0 fully saturated rings. The minimum absolute atomic E-state index is 0.0558. The Labute approximate surface area is 149 Å². The molecule has 25 heavy (non-hydrogen) atoms. The summed E-state index contributed by atoms with van der Waals surface area (Å²) >= 11 is 0. The van der Waals surface area contributed by atoms with Crippen molar-refractivity contribution in [3.8, 4) is 0 Å². The molecule has 0 unspecified atom stereocenters. The second-order valence-corrected chi connectivity index (χ2v) is 8.01. The molecule has 0 aliphatic rings. The van der Waals surface area contributed by atoms with E-state index in [0.717, 1.165) is 0 Å². The zero-order valence-electron chi connectivity index (χ0n) is 15.2. The number of rotatable bonds is 8. The van der Waals surface area contributed by atoms with Gasteiger partial charge in [-0.2, -0.15) is 4.31 Å². The van der Waals surface area contributed by atoms with Crippen molar-refractivity contribution in [1.29, 1.82) is 0 Å². The SMILES string of the molecule is CCN(CC)S(=O)(=O)c1cc(C(=O)N[C@@H](C(=O)O)C(C)C)ccc1C. The number of benzene rings is 1. The largest absolute Gasteiger partial charge is 0.480 e. The van der Waals surface area contributed by atoms with Crippen LogP contribution in [0.15, 0.2) is 23.1 Å². The Morgan fingerprint density at radius 2 is 1.76 bits per heavy atom. The Morgan fingerprint density at radius 1 is 1.20 bits per heavy atom. The number of sulfonamides is 1. The van der Waals surface area contributed by atoms with Gasteiger partial charge in [0.15, 0.2) is 0 Å². The lowest BCUT2D eigenvalue weighted by atomic mass is 10.0. The van der Waals surface area contributed by atoms with Gasteiger partial charge in [-0.15, -0.1) is 0 Å². The average molecular weight is 370 g/mol. The smallest absolute Gasteiger partial charge is 0.326 e. The molecule has 0 heterocycles. The van der Waals surface area contributed by atoms with Gasteiger partial charge in [-0.3, -0.25) is 4.79 Å². The number of hydrogen-bond acceptors (Lipinski definition) is 4. The van der Waals surface area contributed by atoms with E-state index >= 15 is 0 Å². The van der Waals surface area contributed by atoms with Crippen LogP contribution in [0.4, 0.5) is 0 Å². The highest BCUT2D eigenvalue weighted by atomic mass is 32.2. The maximum atomic E-state index is 12.7. The molecule has 1 aromatic carbocycles. The number of hydrogen-bond donors (Lipinski definition) is 2. The third kappa shape index (κ3) is 4.79. The van der Waals surface area contributed by atoms with Crippen LogP contribution in [0.25, 0.3) is 0 Å². The number of aryl methyl sites for hydroxylation is 1. The summed E-state index contributed by atoms with van der Waals surface area (Å²) in [4.78, 5) is 23.7. The van der Waals surface area contributed by atoms with E-state index in [1.807, 2.05) is 0 Å². The lowest BCUT2D eigenvalue weighted by Gasteiger charge is -2.21. The lowest BCUT2D eigenvalue weighted by Crippen LogP contribution is -2.44. The van der Waals surface area contributed by atoms with Crippen LogP contribution in [0.1, 0.15) is 43.6 Å². The van der Waals surface area contributed by atoms with E-state index in [1.54, 1.807) is 40.7 Å². The van der Waals surface area contributed by atoms with Crippen LogP contribution in [-0.2, 0) is 14.8 Å². The number of nitrogens with zero attached hydrogens (tertiary/aromatic N) is 1. The summed E-state index contributed by atoms with van der Waals surface area (Å²) in [5.74, 6) is -2.05. The second kappa shape index (κ2) is 8.44. The molecule has 1 atom stereocenters. The molecule has 7 nitrogen and oxygen atoms in total. The number of carbonyl (C=O) groups excluding carboxylic acids is 1. The van der Waals surface area contributed by atoms with Gasteiger partial charge in [0.2, 0.25) is 10.0 Å². The zero-order chi connectivity index (χ0) is 19.4. The summed E-state index contributed by atoms with van der Waals surface area (Å²) in [6.45, 7) is 9.16. The number of carboxylic acids is 1. The summed E-state index contributed by atoms with van der Waals surface area (Å²) in [5.41, 5.74) is 0.644. The van der Waals surface area contributed by atoms with Crippen LogP contribution in [0.2, 0.25) is 0 Å². The molecule has 1 rings (SSSR count). The van der Waals surface area contributed by atoms with E-state index < -0.39 is 27.9 Å². The first-order chi connectivity index (χ1) is 11.6. The first-order valence-electron chi connectivity index (χ1n) is 8.20. The molecule has 0 saturated heterocycles. The monoisotopic (exact) mass is 370 g/mol. The summed E-state index contributed by atoms with van der Waals surface area (Å²) in [7, 11) is -3.71. The van der Waals surface area contributed by atoms with Crippen molar-refractivity contribution in [2.45, 2.75) is 45.6 Å². The van der Waals surface area contributed by atoms with E-state index in [4.69, 9.17) is 0 Å². The van der Waals surface area contributed by atoms with Gasteiger partial charge in [-0.1, -0.05) is 33.8 Å². The molecular weight excluding hydrogens is 344 g/mol. The van der Waals surface area contributed by atoms with Gasteiger partial charge in [0.25, 0.3) is 5.91 Å². The standard InChI is InChI=1S/C17H26N2O5S/c1-6-19(7-2)25(23,24)14-10-13(9-8-12(14)5)16(20)18-15(11(3)4)17(21)22/h8-11,15H,6-7H2,1-5H3,(H,18,20)(H,21,22)/t15-/m1/s1. The van der Waals surface area contributed by atoms with Crippen molar-refractivity contribution in [3.05, 3.63) is 29.3 Å². The topological polar surface area (TPSA) is 104 Å². The molecule has 0 bridgehead atoms. The highest BCUT2D eigenvalue weighted by Crippen LogP contribution is 2.21. The van der Waals surface area contributed by atoms with Crippen LogP contribution in [0, 0.1) is 12.8 Å². The fraction of sp³-hybridized carbons (Fsp3) is 0.529. The van der Waals surface area contributed by atoms with E-state index in [2.05, 4.69) is 5.32 Å². The van der Waals surface area contributed by atoms with Crippen molar-refractivity contribution in [2.24, 2.45) is 5.92 Å². The van der Waals surface area contributed by atoms with Crippen LogP contribution in [-0.4, -0.2) is 48.8 Å². The van der Waals surface area contributed by atoms with Crippen molar-refractivity contribution in [3.63, 3.8) is 0 Å². The van der Waals surface area contributed by atoms with E-state index in [0.29, 0.717) is 18.7 Å². The second-order valence-electron chi connectivity index (χ2n) is 6.10. The fourth-order valence-electron chi connectivity index (χ4n) is 2.46. The predicted octanol–water partition coefficient (Wildman–Crippen LogP) is 1.86.